The smallest absolute Gasteiger partial charge is 0.119 e. The summed E-state index contributed by atoms with van der Waals surface area (Å²) in [5, 5.41) is 0. The van der Waals surface area contributed by atoms with E-state index in [2.05, 4.69) is 0 Å². The van der Waals surface area contributed by atoms with Crippen LogP contribution in [0.15, 0.2) is 30.3 Å². The molecule has 0 radical (unpaired) electrons. The van der Waals surface area contributed by atoms with Crippen LogP contribution in [0, 0.1) is 5.92 Å². The predicted octanol–water partition coefficient (Wildman–Crippen LogP) is 1.82. The lowest BCUT2D eigenvalue weighted by Crippen LogP contribution is -2.33. The second-order valence-electron chi connectivity index (χ2n) is 4.26. The predicted molar refractivity (Wildman–Crippen MR) is 63.5 cm³/mol. The van der Waals surface area contributed by atoms with Gasteiger partial charge in [-0.15, -0.1) is 0 Å². The Kier molecular flexibility index (Phi) is 4.19. The van der Waals surface area contributed by atoms with E-state index in [0.29, 0.717) is 12.5 Å². The zero-order chi connectivity index (χ0) is 11.2. The van der Waals surface area contributed by atoms with Gasteiger partial charge >= 0.3 is 0 Å². The number of nitrogens with two attached hydrogens (primary N) is 1. The van der Waals surface area contributed by atoms with E-state index < -0.39 is 0 Å². The molecule has 2 atom stereocenters. The topological polar surface area (TPSA) is 44.5 Å². The molecule has 2 N–H and O–H groups in total. The van der Waals surface area contributed by atoms with Gasteiger partial charge in [0, 0.05) is 12.5 Å². The number of hydrogen-bond donors (Lipinski definition) is 1. The third-order valence-electron chi connectivity index (χ3n) is 2.96. The Morgan fingerprint density at radius 1 is 1.25 bits per heavy atom. The van der Waals surface area contributed by atoms with Gasteiger partial charge in [-0.3, -0.25) is 0 Å². The summed E-state index contributed by atoms with van der Waals surface area (Å²) >= 11 is 0. The van der Waals surface area contributed by atoms with Crippen molar-refractivity contribution in [2.75, 3.05) is 19.8 Å². The molecule has 2 unspecified atom stereocenters. The van der Waals surface area contributed by atoms with Crippen LogP contribution in [0.5, 0.6) is 5.75 Å². The highest BCUT2D eigenvalue weighted by atomic mass is 16.5. The molecule has 1 fully saturated rings. The first-order valence-corrected chi connectivity index (χ1v) is 5.88. The van der Waals surface area contributed by atoms with E-state index in [1.54, 1.807) is 0 Å². The summed E-state index contributed by atoms with van der Waals surface area (Å²) in [5.41, 5.74) is 5.56. The average Bonchev–Trinajstić information content (AvgIpc) is 2.38. The van der Waals surface area contributed by atoms with Crippen molar-refractivity contribution >= 4 is 0 Å². The van der Waals surface area contributed by atoms with Crippen LogP contribution in [-0.4, -0.2) is 25.9 Å². The van der Waals surface area contributed by atoms with E-state index in [1.807, 2.05) is 30.3 Å². The third kappa shape index (κ3) is 3.22. The first-order chi connectivity index (χ1) is 7.88. The second kappa shape index (κ2) is 5.87. The summed E-state index contributed by atoms with van der Waals surface area (Å²) in [6.07, 6.45) is 2.46. The molecule has 0 spiro atoms. The molecule has 0 aliphatic carbocycles. The van der Waals surface area contributed by atoms with Crippen LogP contribution >= 0.6 is 0 Å². The van der Waals surface area contributed by atoms with Gasteiger partial charge in [0.05, 0.1) is 19.3 Å². The molecule has 2 rings (SSSR count). The second-order valence-corrected chi connectivity index (χ2v) is 4.26. The highest BCUT2D eigenvalue weighted by Gasteiger charge is 2.20. The first-order valence-electron chi connectivity index (χ1n) is 5.88. The standard InChI is InChI=1S/C13H19NO2/c14-8-13-7-6-11(10-16-13)9-15-12-4-2-1-3-5-12/h1-5,11,13H,6-10,14H2. The van der Waals surface area contributed by atoms with E-state index in [0.717, 1.165) is 31.8 Å². The van der Waals surface area contributed by atoms with Gasteiger partial charge in [0.2, 0.25) is 0 Å². The Bertz CT molecular complexity index is 294. The fraction of sp³-hybridized carbons (Fsp3) is 0.538. The fourth-order valence-corrected chi connectivity index (χ4v) is 1.91. The Morgan fingerprint density at radius 2 is 2.06 bits per heavy atom. The highest BCUT2D eigenvalue weighted by molar-refractivity contribution is 5.20. The maximum atomic E-state index is 5.70. The van der Waals surface area contributed by atoms with Gasteiger partial charge in [-0.1, -0.05) is 18.2 Å². The molecular weight excluding hydrogens is 202 g/mol. The van der Waals surface area contributed by atoms with Crippen molar-refractivity contribution in [2.24, 2.45) is 11.7 Å². The van der Waals surface area contributed by atoms with E-state index in [9.17, 15) is 0 Å². The van der Waals surface area contributed by atoms with Crippen LogP contribution < -0.4 is 10.5 Å². The minimum absolute atomic E-state index is 0.257. The number of para-hydroxylation sites is 1. The van der Waals surface area contributed by atoms with Crippen LogP contribution in [0.1, 0.15) is 12.8 Å². The number of rotatable bonds is 4. The van der Waals surface area contributed by atoms with Crippen molar-refractivity contribution in [1.29, 1.82) is 0 Å². The van der Waals surface area contributed by atoms with Crippen LogP contribution in [-0.2, 0) is 4.74 Å². The summed E-state index contributed by atoms with van der Waals surface area (Å²) < 4.78 is 11.3. The van der Waals surface area contributed by atoms with Gasteiger partial charge in [0.15, 0.2) is 0 Å². The van der Waals surface area contributed by atoms with E-state index in [4.69, 9.17) is 15.2 Å². The fourth-order valence-electron chi connectivity index (χ4n) is 1.91. The molecule has 1 saturated heterocycles. The highest BCUT2D eigenvalue weighted by Crippen LogP contribution is 2.19. The van der Waals surface area contributed by atoms with Crippen LogP contribution in [0.3, 0.4) is 0 Å². The lowest BCUT2D eigenvalue weighted by Gasteiger charge is -2.28. The van der Waals surface area contributed by atoms with Crippen molar-refractivity contribution in [3.63, 3.8) is 0 Å². The minimum Gasteiger partial charge on any atom is -0.493 e. The largest absolute Gasteiger partial charge is 0.493 e. The molecule has 0 saturated carbocycles. The summed E-state index contributed by atoms with van der Waals surface area (Å²) in [6, 6.07) is 9.91. The molecule has 1 heterocycles. The maximum Gasteiger partial charge on any atom is 0.119 e. The molecule has 3 heteroatoms. The molecule has 1 aliphatic heterocycles. The van der Waals surface area contributed by atoms with Gasteiger partial charge in [0.1, 0.15) is 5.75 Å². The SMILES string of the molecule is NCC1CCC(COc2ccccc2)CO1. The van der Waals surface area contributed by atoms with E-state index >= 15 is 0 Å². The monoisotopic (exact) mass is 221 g/mol. The zero-order valence-electron chi connectivity index (χ0n) is 9.47. The Balaban J connectivity index is 1.72. The van der Waals surface area contributed by atoms with Crippen molar-refractivity contribution < 1.29 is 9.47 Å². The summed E-state index contributed by atoms with van der Waals surface area (Å²) in [6.45, 7) is 2.14. The maximum absolute atomic E-state index is 5.70. The van der Waals surface area contributed by atoms with E-state index in [-0.39, 0.29) is 6.10 Å². The molecule has 0 amide bonds. The minimum atomic E-state index is 0.257. The van der Waals surface area contributed by atoms with Crippen LogP contribution in [0.2, 0.25) is 0 Å². The number of ether oxygens (including phenoxy) is 2. The quantitative estimate of drug-likeness (QED) is 0.843. The molecule has 3 nitrogen and oxygen atoms in total. The molecule has 88 valence electrons. The van der Waals surface area contributed by atoms with E-state index in [1.165, 1.54) is 0 Å². The average molecular weight is 221 g/mol. The van der Waals surface area contributed by atoms with Crippen molar-refractivity contribution in [3.05, 3.63) is 30.3 Å². The lowest BCUT2D eigenvalue weighted by atomic mass is 9.99. The molecular formula is C13H19NO2. The summed E-state index contributed by atoms with van der Waals surface area (Å²) in [7, 11) is 0. The van der Waals surface area contributed by atoms with Gasteiger partial charge in [-0.2, -0.15) is 0 Å². The molecule has 16 heavy (non-hydrogen) atoms. The van der Waals surface area contributed by atoms with Gasteiger partial charge in [-0.05, 0) is 25.0 Å². The third-order valence-corrected chi connectivity index (χ3v) is 2.96. The van der Waals surface area contributed by atoms with Crippen molar-refractivity contribution in [1.82, 2.24) is 0 Å². The lowest BCUT2D eigenvalue weighted by molar-refractivity contribution is -0.0219. The first kappa shape index (κ1) is 11.4. The zero-order valence-corrected chi connectivity index (χ0v) is 9.47. The van der Waals surface area contributed by atoms with Gasteiger partial charge in [-0.25, -0.2) is 0 Å². The molecule has 1 aromatic carbocycles. The van der Waals surface area contributed by atoms with Crippen molar-refractivity contribution in [2.45, 2.75) is 18.9 Å². The summed E-state index contributed by atoms with van der Waals surface area (Å²) in [5.74, 6) is 1.44. The van der Waals surface area contributed by atoms with Crippen molar-refractivity contribution in [3.8, 4) is 5.75 Å². The number of benzene rings is 1. The molecule has 0 aromatic heterocycles. The van der Waals surface area contributed by atoms with Gasteiger partial charge < -0.3 is 15.2 Å². The van der Waals surface area contributed by atoms with Crippen LogP contribution in [0.25, 0.3) is 0 Å². The number of hydrogen-bond acceptors (Lipinski definition) is 3. The molecule has 1 aromatic rings. The normalized spacial score (nSPS) is 25.3. The van der Waals surface area contributed by atoms with Gasteiger partial charge in [0.25, 0.3) is 0 Å². The molecule has 0 bridgehead atoms. The summed E-state index contributed by atoms with van der Waals surface area (Å²) in [4.78, 5) is 0. The van der Waals surface area contributed by atoms with Crippen LogP contribution in [0.4, 0.5) is 0 Å². The Morgan fingerprint density at radius 3 is 2.69 bits per heavy atom. The molecule has 1 aliphatic rings. The Labute approximate surface area is 96.5 Å². The Hall–Kier alpha value is -1.06.